The number of aliphatic hydroxyl groups is 1. The van der Waals surface area contributed by atoms with Crippen LogP contribution in [0.2, 0.25) is 0 Å². The predicted octanol–water partition coefficient (Wildman–Crippen LogP) is 1.22. The Hall–Kier alpha value is -3.46. The van der Waals surface area contributed by atoms with Crippen molar-refractivity contribution in [2.75, 3.05) is 5.32 Å². The Morgan fingerprint density at radius 3 is 2.76 bits per heavy atom. The van der Waals surface area contributed by atoms with Gasteiger partial charge in [-0.2, -0.15) is 0 Å². The molecule has 1 fully saturated rings. The highest BCUT2D eigenvalue weighted by atomic mass is 19.1. The summed E-state index contributed by atoms with van der Waals surface area (Å²) < 4.78 is 13.9. The maximum absolute atomic E-state index is 13.9. The van der Waals surface area contributed by atoms with Crippen LogP contribution >= 0.6 is 0 Å². The zero-order valence-corrected chi connectivity index (χ0v) is 15.2. The largest absolute Gasteiger partial charge is 0.508 e. The molecule has 1 atom stereocenters. The van der Waals surface area contributed by atoms with Crippen LogP contribution in [0, 0.1) is 5.82 Å². The third-order valence-electron chi connectivity index (χ3n) is 5.23. The molecular weight excluding hydrogens is 381 g/mol. The molecule has 0 spiro atoms. The number of nitrogens with one attached hydrogen (secondary N) is 2. The fourth-order valence-electron chi connectivity index (χ4n) is 3.63. The van der Waals surface area contributed by atoms with Crippen LogP contribution in [0.1, 0.15) is 34.3 Å². The molecule has 2 aliphatic rings. The number of nitrogens with zero attached hydrogens (tertiary/aromatic N) is 1. The van der Waals surface area contributed by atoms with E-state index in [9.17, 15) is 29.0 Å². The highest BCUT2D eigenvalue weighted by Crippen LogP contribution is 2.36. The highest BCUT2D eigenvalue weighted by molar-refractivity contribution is 6.07. The van der Waals surface area contributed by atoms with Gasteiger partial charge in [-0.1, -0.05) is 6.07 Å². The van der Waals surface area contributed by atoms with Crippen LogP contribution in [0.4, 0.5) is 10.1 Å². The lowest BCUT2D eigenvalue weighted by atomic mass is 10.00. The van der Waals surface area contributed by atoms with Gasteiger partial charge < -0.3 is 15.5 Å². The summed E-state index contributed by atoms with van der Waals surface area (Å²) in [5.41, 5.74) is -0.469. The molecule has 0 saturated carbocycles. The van der Waals surface area contributed by atoms with E-state index in [1.54, 1.807) is 18.2 Å². The van der Waals surface area contributed by atoms with Crippen molar-refractivity contribution >= 4 is 23.4 Å². The second-order valence-corrected chi connectivity index (χ2v) is 7.05. The van der Waals surface area contributed by atoms with Crippen LogP contribution in [-0.4, -0.2) is 38.6 Å². The lowest BCUT2D eigenvalue weighted by Crippen LogP contribution is -2.63. The number of piperidine rings is 1. The summed E-state index contributed by atoms with van der Waals surface area (Å²) in [6, 6.07) is 8.62. The number of phenols is 1. The average Bonchev–Trinajstić information content (AvgIpc) is 3.04. The van der Waals surface area contributed by atoms with Gasteiger partial charge in [-0.3, -0.25) is 24.6 Å². The maximum Gasteiger partial charge on any atom is 0.279 e. The zero-order valence-electron chi connectivity index (χ0n) is 15.2. The van der Waals surface area contributed by atoms with E-state index in [4.69, 9.17) is 0 Å². The van der Waals surface area contributed by atoms with Crippen molar-refractivity contribution in [3.05, 3.63) is 58.9 Å². The van der Waals surface area contributed by atoms with Crippen molar-refractivity contribution in [3.63, 3.8) is 0 Å². The Kier molecular flexibility index (Phi) is 4.46. The lowest BCUT2D eigenvalue weighted by molar-refractivity contribution is -0.167. The third-order valence-corrected chi connectivity index (χ3v) is 5.23. The normalized spacial score (nSPS) is 21.2. The monoisotopic (exact) mass is 399 g/mol. The number of hydrogen-bond donors (Lipinski definition) is 4. The average molecular weight is 399 g/mol. The van der Waals surface area contributed by atoms with Crippen molar-refractivity contribution in [1.29, 1.82) is 0 Å². The van der Waals surface area contributed by atoms with Crippen LogP contribution in [0.25, 0.3) is 0 Å². The minimum atomic E-state index is -2.11. The minimum absolute atomic E-state index is 0.0437. The zero-order chi connectivity index (χ0) is 20.8. The molecule has 150 valence electrons. The number of fused-ring (bicyclic) bond motifs is 1. The summed E-state index contributed by atoms with van der Waals surface area (Å²) in [4.78, 5) is 37.5. The number of carbonyl (C=O) groups excluding carboxylic acids is 3. The van der Waals surface area contributed by atoms with Crippen molar-refractivity contribution < 1.29 is 29.0 Å². The summed E-state index contributed by atoms with van der Waals surface area (Å²) in [5, 5.41) is 25.5. The third kappa shape index (κ3) is 3.19. The van der Waals surface area contributed by atoms with Crippen molar-refractivity contribution in [3.8, 4) is 5.75 Å². The Balaban J connectivity index is 1.59. The molecule has 2 aliphatic heterocycles. The number of halogens is 1. The number of aromatic hydroxyl groups is 1. The van der Waals surface area contributed by atoms with Gasteiger partial charge in [0.15, 0.2) is 0 Å². The molecule has 0 aromatic heterocycles. The number of imide groups is 1. The van der Waals surface area contributed by atoms with Gasteiger partial charge in [0, 0.05) is 41.8 Å². The summed E-state index contributed by atoms with van der Waals surface area (Å²) in [5.74, 6) is -2.51. The Morgan fingerprint density at radius 1 is 1.21 bits per heavy atom. The van der Waals surface area contributed by atoms with Crippen LogP contribution < -0.4 is 10.6 Å². The van der Waals surface area contributed by atoms with E-state index >= 15 is 0 Å². The number of carbonyl (C=O) groups is 3. The smallest absolute Gasteiger partial charge is 0.279 e. The standard InChI is InChI=1S/C20H18FN3O5/c21-15-5-4-12(25)8-11(15)9-22-16-3-1-2-13-14(16)10-24(18(13)27)20(29)7-6-17(26)23-19(20)28/h1-5,8,22,25,29H,6-7,9-10H2,(H,23,26,28)/t20-/m0/s1. The fraction of sp³-hybridized carbons (Fsp3) is 0.250. The number of phenolic OH excluding ortho intramolecular Hbond substituents is 1. The molecule has 2 aromatic carbocycles. The molecule has 8 nitrogen and oxygen atoms in total. The fourth-order valence-corrected chi connectivity index (χ4v) is 3.63. The Labute approximate surface area is 164 Å². The summed E-state index contributed by atoms with van der Waals surface area (Å²) in [7, 11) is 0. The van der Waals surface area contributed by atoms with Gasteiger partial charge >= 0.3 is 0 Å². The first-order chi connectivity index (χ1) is 13.8. The second-order valence-electron chi connectivity index (χ2n) is 7.05. The Bertz CT molecular complexity index is 1040. The van der Waals surface area contributed by atoms with Crippen molar-refractivity contribution in [1.82, 2.24) is 10.2 Å². The van der Waals surface area contributed by atoms with Crippen LogP contribution in [-0.2, 0) is 22.7 Å². The van der Waals surface area contributed by atoms with E-state index in [2.05, 4.69) is 10.6 Å². The molecule has 2 aromatic rings. The maximum atomic E-state index is 13.9. The SMILES string of the molecule is O=C1CC[C@@](O)(N2Cc3c(NCc4cc(O)ccc4F)cccc3C2=O)C(=O)N1. The molecule has 0 unspecified atom stereocenters. The number of rotatable bonds is 4. The first-order valence-corrected chi connectivity index (χ1v) is 9.01. The summed E-state index contributed by atoms with van der Waals surface area (Å²) in [6.07, 6.45) is -0.265. The Morgan fingerprint density at radius 2 is 2.00 bits per heavy atom. The first kappa shape index (κ1) is 18.9. The van der Waals surface area contributed by atoms with Gasteiger partial charge in [0.05, 0.1) is 6.54 Å². The highest BCUT2D eigenvalue weighted by Gasteiger charge is 2.51. The van der Waals surface area contributed by atoms with Crippen LogP contribution in [0.15, 0.2) is 36.4 Å². The first-order valence-electron chi connectivity index (χ1n) is 9.01. The quantitative estimate of drug-likeness (QED) is 0.574. The van der Waals surface area contributed by atoms with Gasteiger partial charge in [0.1, 0.15) is 11.6 Å². The topological polar surface area (TPSA) is 119 Å². The summed E-state index contributed by atoms with van der Waals surface area (Å²) in [6.45, 7) is 0.0160. The van der Waals surface area contributed by atoms with Gasteiger partial charge in [-0.05, 0) is 30.3 Å². The van der Waals surface area contributed by atoms with Gasteiger partial charge in [0.25, 0.3) is 11.8 Å². The van der Waals surface area contributed by atoms with E-state index in [-0.39, 0.29) is 37.2 Å². The van der Waals surface area contributed by atoms with Gasteiger partial charge in [-0.15, -0.1) is 0 Å². The predicted molar refractivity (Wildman–Crippen MR) is 99.0 cm³/mol. The molecule has 4 N–H and O–H groups in total. The van der Waals surface area contributed by atoms with Crippen molar-refractivity contribution in [2.45, 2.75) is 31.7 Å². The van der Waals surface area contributed by atoms with E-state index in [0.29, 0.717) is 16.8 Å². The van der Waals surface area contributed by atoms with Gasteiger partial charge in [0.2, 0.25) is 11.6 Å². The number of anilines is 1. The molecule has 9 heteroatoms. The minimum Gasteiger partial charge on any atom is -0.508 e. The molecular formula is C20H18FN3O5. The molecule has 3 amide bonds. The molecule has 29 heavy (non-hydrogen) atoms. The molecule has 0 bridgehead atoms. The molecule has 0 aliphatic carbocycles. The lowest BCUT2D eigenvalue weighted by Gasteiger charge is -2.37. The van der Waals surface area contributed by atoms with Crippen molar-refractivity contribution in [2.24, 2.45) is 0 Å². The van der Waals surface area contributed by atoms with Gasteiger partial charge in [-0.25, -0.2) is 4.39 Å². The van der Waals surface area contributed by atoms with E-state index < -0.39 is 29.3 Å². The van der Waals surface area contributed by atoms with E-state index in [0.717, 1.165) is 11.0 Å². The summed E-state index contributed by atoms with van der Waals surface area (Å²) >= 11 is 0. The van der Waals surface area contributed by atoms with Crippen LogP contribution in [0.5, 0.6) is 5.75 Å². The second kappa shape index (κ2) is 6.85. The van der Waals surface area contributed by atoms with E-state index in [1.165, 1.54) is 12.1 Å². The number of benzene rings is 2. The molecule has 1 saturated heterocycles. The van der Waals surface area contributed by atoms with Crippen LogP contribution in [0.3, 0.4) is 0 Å². The molecule has 0 radical (unpaired) electrons. The number of amides is 3. The number of hydrogen-bond acceptors (Lipinski definition) is 6. The molecule has 2 heterocycles. The van der Waals surface area contributed by atoms with E-state index in [1.807, 2.05) is 0 Å². The molecule has 4 rings (SSSR count).